The third kappa shape index (κ3) is 1.76. The Labute approximate surface area is 102 Å². The zero-order valence-corrected chi connectivity index (χ0v) is 10.3. The standard InChI is InChI=1S/C14H22O3/c1-9(13(8-15)17-16)14-5-10-2-11(6-14)4-12(3-10)7-14/h10-13,15-16H,1-8H2. The summed E-state index contributed by atoms with van der Waals surface area (Å²) < 4.78 is 0. The zero-order valence-electron chi connectivity index (χ0n) is 10.3. The van der Waals surface area contributed by atoms with Crippen LogP contribution >= 0.6 is 0 Å². The minimum atomic E-state index is -0.591. The lowest BCUT2D eigenvalue weighted by atomic mass is 9.47. The van der Waals surface area contributed by atoms with Crippen LogP contribution in [-0.4, -0.2) is 23.1 Å². The van der Waals surface area contributed by atoms with Crippen LogP contribution in [-0.2, 0) is 4.89 Å². The van der Waals surface area contributed by atoms with Crippen molar-refractivity contribution in [3.63, 3.8) is 0 Å². The van der Waals surface area contributed by atoms with Gasteiger partial charge in [-0.3, -0.25) is 5.26 Å². The van der Waals surface area contributed by atoms with Crippen LogP contribution in [0.25, 0.3) is 0 Å². The normalized spacial score (nSPS) is 44.9. The Hall–Kier alpha value is -0.380. The molecule has 0 aliphatic heterocycles. The first-order valence-corrected chi connectivity index (χ1v) is 6.77. The molecule has 0 heterocycles. The molecule has 96 valence electrons. The van der Waals surface area contributed by atoms with E-state index in [4.69, 9.17) is 5.26 Å². The summed E-state index contributed by atoms with van der Waals surface area (Å²) >= 11 is 0. The molecule has 0 aromatic carbocycles. The van der Waals surface area contributed by atoms with E-state index < -0.39 is 6.10 Å². The lowest BCUT2D eigenvalue weighted by Gasteiger charge is -2.58. The second-order valence-corrected chi connectivity index (χ2v) is 6.50. The smallest absolute Gasteiger partial charge is 0.137 e. The molecule has 4 aliphatic carbocycles. The zero-order chi connectivity index (χ0) is 12.0. The molecular weight excluding hydrogens is 216 g/mol. The molecule has 4 rings (SSSR count). The van der Waals surface area contributed by atoms with E-state index in [-0.39, 0.29) is 12.0 Å². The summed E-state index contributed by atoms with van der Waals surface area (Å²) in [6, 6.07) is 0. The van der Waals surface area contributed by atoms with E-state index in [0.717, 1.165) is 23.3 Å². The van der Waals surface area contributed by atoms with Crippen LogP contribution in [0.4, 0.5) is 0 Å². The molecule has 4 saturated carbocycles. The molecule has 3 heteroatoms. The molecule has 0 spiro atoms. The maximum atomic E-state index is 9.25. The third-order valence-corrected chi connectivity index (χ3v) is 5.40. The van der Waals surface area contributed by atoms with Crippen molar-refractivity contribution >= 4 is 0 Å². The summed E-state index contributed by atoms with van der Waals surface area (Å²) in [4.78, 5) is 4.40. The molecule has 0 aromatic rings. The number of hydrogen-bond donors (Lipinski definition) is 2. The molecule has 0 aromatic heterocycles. The molecule has 1 atom stereocenters. The molecule has 4 aliphatic rings. The lowest BCUT2D eigenvalue weighted by molar-refractivity contribution is -0.279. The van der Waals surface area contributed by atoms with Gasteiger partial charge in [-0.1, -0.05) is 6.58 Å². The minimum absolute atomic E-state index is 0.144. The molecule has 0 radical (unpaired) electrons. The van der Waals surface area contributed by atoms with Crippen LogP contribution in [0.3, 0.4) is 0 Å². The molecule has 2 N–H and O–H groups in total. The van der Waals surface area contributed by atoms with Crippen molar-refractivity contribution in [2.24, 2.45) is 23.2 Å². The quantitative estimate of drug-likeness (QED) is 0.449. The number of rotatable bonds is 4. The molecule has 3 nitrogen and oxygen atoms in total. The van der Waals surface area contributed by atoms with Gasteiger partial charge in [-0.15, -0.1) is 0 Å². The van der Waals surface area contributed by atoms with Crippen molar-refractivity contribution in [2.45, 2.75) is 44.6 Å². The van der Waals surface area contributed by atoms with Gasteiger partial charge in [-0.05, 0) is 67.3 Å². The predicted octanol–water partition coefficient (Wildman–Crippen LogP) is 2.61. The molecular formula is C14H22O3. The second-order valence-electron chi connectivity index (χ2n) is 6.50. The average molecular weight is 238 g/mol. The molecule has 0 amide bonds. The van der Waals surface area contributed by atoms with Crippen LogP contribution in [0, 0.1) is 23.2 Å². The second kappa shape index (κ2) is 4.08. The highest BCUT2D eigenvalue weighted by Gasteiger charge is 2.53. The van der Waals surface area contributed by atoms with Crippen molar-refractivity contribution in [1.82, 2.24) is 0 Å². The van der Waals surface area contributed by atoms with E-state index in [1.165, 1.54) is 38.5 Å². The van der Waals surface area contributed by atoms with Crippen molar-refractivity contribution in [3.8, 4) is 0 Å². The van der Waals surface area contributed by atoms with Gasteiger partial charge in [0, 0.05) is 0 Å². The van der Waals surface area contributed by atoms with Crippen LogP contribution in [0.5, 0.6) is 0 Å². The van der Waals surface area contributed by atoms with Crippen LogP contribution < -0.4 is 0 Å². The van der Waals surface area contributed by atoms with Gasteiger partial charge in [-0.2, -0.15) is 0 Å². The van der Waals surface area contributed by atoms with E-state index in [1.807, 2.05) is 0 Å². The van der Waals surface area contributed by atoms with Crippen LogP contribution in [0.15, 0.2) is 12.2 Å². The monoisotopic (exact) mass is 238 g/mol. The first-order valence-electron chi connectivity index (χ1n) is 6.77. The summed E-state index contributed by atoms with van der Waals surface area (Å²) in [5.41, 5.74) is 1.08. The van der Waals surface area contributed by atoms with E-state index in [9.17, 15) is 5.11 Å². The Morgan fingerprint density at radius 3 is 2.00 bits per heavy atom. The summed E-state index contributed by atoms with van der Waals surface area (Å²) in [5.74, 6) is 2.53. The largest absolute Gasteiger partial charge is 0.393 e. The Balaban J connectivity index is 1.84. The van der Waals surface area contributed by atoms with Crippen molar-refractivity contribution in [3.05, 3.63) is 12.2 Å². The van der Waals surface area contributed by atoms with Crippen molar-refractivity contribution < 1.29 is 15.3 Å². The van der Waals surface area contributed by atoms with Gasteiger partial charge in [0.1, 0.15) is 6.10 Å². The average Bonchev–Trinajstić information content (AvgIpc) is 2.28. The fraction of sp³-hybridized carbons (Fsp3) is 0.857. The Kier molecular flexibility index (Phi) is 2.80. The fourth-order valence-corrected chi connectivity index (χ4v) is 5.05. The highest BCUT2D eigenvalue weighted by atomic mass is 17.1. The molecule has 0 saturated heterocycles. The van der Waals surface area contributed by atoms with Crippen LogP contribution in [0.2, 0.25) is 0 Å². The van der Waals surface area contributed by atoms with Gasteiger partial charge in [-0.25, -0.2) is 4.89 Å². The maximum Gasteiger partial charge on any atom is 0.137 e. The first kappa shape index (κ1) is 11.7. The van der Waals surface area contributed by atoms with Gasteiger partial charge >= 0.3 is 0 Å². The predicted molar refractivity (Wildman–Crippen MR) is 64.3 cm³/mol. The summed E-state index contributed by atoms with van der Waals surface area (Å²) in [7, 11) is 0. The van der Waals surface area contributed by atoms with E-state index >= 15 is 0 Å². The van der Waals surface area contributed by atoms with Gasteiger partial charge in [0.15, 0.2) is 0 Å². The molecule has 4 bridgehead atoms. The number of aliphatic hydroxyl groups is 1. The van der Waals surface area contributed by atoms with Crippen molar-refractivity contribution in [2.75, 3.05) is 6.61 Å². The Morgan fingerprint density at radius 1 is 1.18 bits per heavy atom. The Bertz CT molecular complexity index is 284. The Morgan fingerprint density at radius 2 is 1.65 bits per heavy atom. The van der Waals surface area contributed by atoms with Crippen molar-refractivity contribution in [1.29, 1.82) is 0 Å². The third-order valence-electron chi connectivity index (χ3n) is 5.40. The summed E-state index contributed by atoms with van der Waals surface area (Å²) in [5, 5.41) is 18.1. The molecule has 4 fully saturated rings. The number of aliphatic hydroxyl groups excluding tert-OH is 1. The topological polar surface area (TPSA) is 49.7 Å². The minimum Gasteiger partial charge on any atom is -0.393 e. The highest BCUT2D eigenvalue weighted by Crippen LogP contribution is 2.62. The fourth-order valence-electron chi connectivity index (χ4n) is 5.05. The molecule has 1 unspecified atom stereocenters. The van der Waals surface area contributed by atoms with E-state index in [2.05, 4.69) is 11.5 Å². The SMILES string of the molecule is C=C(C(CO)OO)C12CC3CC(CC(C3)C1)C2. The maximum absolute atomic E-state index is 9.25. The van der Waals surface area contributed by atoms with Gasteiger partial charge in [0.25, 0.3) is 0 Å². The van der Waals surface area contributed by atoms with Gasteiger partial charge in [0.2, 0.25) is 0 Å². The van der Waals surface area contributed by atoms with Gasteiger partial charge in [0.05, 0.1) is 6.61 Å². The molecule has 17 heavy (non-hydrogen) atoms. The highest BCUT2D eigenvalue weighted by molar-refractivity contribution is 5.21. The van der Waals surface area contributed by atoms with Crippen LogP contribution in [0.1, 0.15) is 38.5 Å². The van der Waals surface area contributed by atoms with Gasteiger partial charge < -0.3 is 5.11 Å². The lowest BCUT2D eigenvalue weighted by Crippen LogP contribution is -2.49. The first-order chi connectivity index (χ1) is 8.16. The number of hydrogen-bond acceptors (Lipinski definition) is 3. The van der Waals surface area contributed by atoms with E-state index in [1.54, 1.807) is 0 Å². The van der Waals surface area contributed by atoms with E-state index in [0.29, 0.717) is 0 Å². The summed E-state index contributed by atoms with van der Waals surface area (Å²) in [6.45, 7) is 3.97. The summed E-state index contributed by atoms with van der Waals surface area (Å²) in [6.07, 6.45) is 7.14.